The zero-order chi connectivity index (χ0) is 16.3. The van der Waals surface area contributed by atoms with Crippen LogP contribution in [-0.2, 0) is 11.0 Å². The lowest BCUT2D eigenvalue weighted by Gasteiger charge is -2.00. The summed E-state index contributed by atoms with van der Waals surface area (Å²) in [4.78, 5) is 26.5. The van der Waals surface area contributed by atoms with Crippen molar-refractivity contribution in [3.63, 3.8) is 0 Å². The van der Waals surface area contributed by atoms with E-state index in [1.165, 1.54) is 24.3 Å². The van der Waals surface area contributed by atoms with Crippen LogP contribution in [0, 0.1) is 0 Å². The maximum Gasteiger partial charge on any atom is 0.471 e. The van der Waals surface area contributed by atoms with Gasteiger partial charge >= 0.3 is 12.1 Å². The fourth-order valence-electron chi connectivity index (χ4n) is 1.73. The Labute approximate surface area is 123 Å². The molecule has 0 spiro atoms. The van der Waals surface area contributed by atoms with Crippen LogP contribution >= 0.6 is 0 Å². The number of hydrogen-bond donors (Lipinski definition) is 0. The fraction of sp³-hybridized carbons (Fsp3) is 0.286. The zero-order valence-corrected chi connectivity index (χ0v) is 11.5. The third kappa shape index (κ3) is 3.38. The van der Waals surface area contributed by atoms with Gasteiger partial charge in [0.2, 0.25) is 17.4 Å². The minimum Gasteiger partial charge on any atom is -0.329 e. The molecule has 22 heavy (non-hydrogen) atoms. The van der Waals surface area contributed by atoms with Crippen LogP contribution in [0.25, 0.3) is 11.4 Å². The molecular weight excluding hydrogens is 301 g/mol. The molecule has 0 fully saturated rings. The average molecular weight is 312 g/mol. The highest BCUT2D eigenvalue weighted by Crippen LogP contribution is 2.29. The molecule has 0 unspecified atom stereocenters. The van der Waals surface area contributed by atoms with Crippen LogP contribution in [-0.4, -0.2) is 21.7 Å². The number of halogens is 3. The van der Waals surface area contributed by atoms with Gasteiger partial charge in [0, 0.05) is 17.5 Å². The molecule has 0 saturated heterocycles. The van der Waals surface area contributed by atoms with Gasteiger partial charge in [-0.2, -0.15) is 18.2 Å². The van der Waals surface area contributed by atoms with Gasteiger partial charge in [0.25, 0.3) is 0 Å². The van der Waals surface area contributed by atoms with Gasteiger partial charge in [-0.3, -0.25) is 9.59 Å². The third-order valence-electron chi connectivity index (χ3n) is 2.80. The average Bonchev–Trinajstić information content (AvgIpc) is 2.97. The molecule has 0 atom stereocenters. The Morgan fingerprint density at radius 3 is 2.32 bits per heavy atom. The quantitative estimate of drug-likeness (QED) is 0.625. The summed E-state index contributed by atoms with van der Waals surface area (Å²) >= 11 is 0. The highest BCUT2D eigenvalue weighted by molar-refractivity contribution is 6.43. The van der Waals surface area contributed by atoms with Crippen LogP contribution in [0.3, 0.4) is 0 Å². The van der Waals surface area contributed by atoms with Crippen molar-refractivity contribution >= 4 is 11.6 Å². The number of alkyl halides is 3. The molecule has 1 aromatic heterocycles. The molecule has 0 aliphatic carbocycles. The number of ketones is 2. The summed E-state index contributed by atoms with van der Waals surface area (Å²) in [7, 11) is 0. The first-order chi connectivity index (χ1) is 10.3. The van der Waals surface area contributed by atoms with E-state index in [0.29, 0.717) is 6.42 Å². The van der Waals surface area contributed by atoms with Crippen LogP contribution in [0.2, 0.25) is 0 Å². The van der Waals surface area contributed by atoms with E-state index in [4.69, 9.17) is 0 Å². The van der Waals surface area contributed by atoms with E-state index in [-0.39, 0.29) is 23.4 Å². The Kier molecular flexibility index (Phi) is 4.39. The van der Waals surface area contributed by atoms with Crippen LogP contribution in [0.4, 0.5) is 13.2 Å². The highest BCUT2D eigenvalue weighted by atomic mass is 19.4. The van der Waals surface area contributed by atoms with Gasteiger partial charge in [-0.05, 0) is 6.42 Å². The second-order valence-electron chi connectivity index (χ2n) is 4.50. The monoisotopic (exact) mass is 312 g/mol. The maximum atomic E-state index is 12.4. The summed E-state index contributed by atoms with van der Waals surface area (Å²) in [5, 5.41) is 3.23. The highest BCUT2D eigenvalue weighted by Gasteiger charge is 2.38. The van der Waals surface area contributed by atoms with Crippen LogP contribution < -0.4 is 0 Å². The topological polar surface area (TPSA) is 73.1 Å². The minimum atomic E-state index is -4.71. The number of benzene rings is 1. The predicted octanol–water partition coefficient (Wildman–Crippen LogP) is 3.31. The standard InChI is InChI=1S/C14H11F3N2O3/c1-2-3-10(20)11(21)8-4-6-9(7-5-8)12-18-13(22-19-12)14(15,16)17/h4-7H,2-3H2,1H3. The summed E-state index contributed by atoms with van der Waals surface area (Å²) in [6.45, 7) is 1.78. The molecule has 1 heterocycles. The minimum absolute atomic E-state index is 0.153. The zero-order valence-electron chi connectivity index (χ0n) is 11.5. The molecule has 8 heteroatoms. The summed E-state index contributed by atoms with van der Waals surface area (Å²) < 4.78 is 41.2. The van der Waals surface area contributed by atoms with Gasteiger partial charge in [0.1, 0.15) is 0 Å². The SMILES string of the molecule is CCCC(=O)C(=O)c1ccc(-c2noc(C(F)(F)F)n2)cc1. The molecule has 2 aromatic rings. The number of rotatable bonds is 5. The Morgan fingerprint density at radius 2 is 1.82 bits per heavy atom. The molecule has 1 aromatic carbocycles. The van der Waals surface area contributed by atoms with E-state index >= 15 is 0 Å². The number of nitrogens with zero attached hydrogens (tertiary/aromatic N) is 2. The second kappa shape index (κ2) is 6.08. The van der Waals surface area contributed by atoms with E-state index in [9.17, 15) is 22.8 Å². The Balaban J connectivity index is 2.20. The van der Waals surface area contributed by atoms with Crippen LogP contribution in [0.1, 0.15) is 36.0 Å². The molecule has 0 bridgehead atoms. The second-order valence-corrected chi connectivity index (χ2v) is 4.50. The first kappa shape index (κ1) is 15.9. The molecule has 0 amide bonds. The summed E-state index contributed by atoms with van der Waals surface area (Å²) in [5.41, 5.74) is 0.417. The van der Waals surface area contributed by atoms with Gasteiger partial charge in [0.05, 0.1) is 0 Å². The first-order valence-electron chi connectivity index (χ1n) is 6.41. The molecule has 0 radical (unpaired) electrons. The lowest BCUT2D eigenvalue weighted by molar-refractivity contribution is -0.159. The molecular formula is C14H11F3N2O3. The Bertz CT molecular complexity index is 690. The summed E-state index contributed by atoms with van der Waals surface area (Å²) in [6, 6.07) is 5.40. The Hall–Kier alpha value is -2.51. The van der Waals surface area contributed by atoms with Crippen molar-refractivity contribution in [2.45, 2.75) is 25.9 Å². The van der Waals surface area contributed by atoms with Crippen molar-refractivity contribution in [3.05, 3.63) is 35.7 Å². The lowest BCUT2D eigenvalue weighted by atomic mass is 10.0. The Morgan fingerprint density at radius 1 is 1.18 bits per heavy atom. The molecule has 5 nitrogen and oxygen atoms in total. The molecule has 2 rings (SSSR count). The van der Waals surface area contributed by atoms with Crippen LogP contribution in [0.15, 0.2) is 28.8 Å². The number of aromatic nitrogens is 2. The predicted molar refractivity (Wildman–Crippen MR) is 69.0 cm³/mol. The lowest BCUT2D eigenvalue weighted by Crippen LogP contribution is -2.13. The molecule has 116 valence electrons. The van der Waals surface area contributed by atoms with E-state index in [1.54, 1.807) is 6.92 Å². The van der Waals surface area contributed by atoms with E-state index < -0.39 is 23.6 Å². The maximum absolute atomic E-state index is 12.4. The van der Waals surface area contributed by atoms with Crippen molar-refractivity contribution in [1.82, 2.24) is 10.1 Å². The van der Waals surface area contributed by atoms with Crippen molar-refractivity contribution < 1.29 is 27.3 Å². The third-order valence-corrected chi connectivity index (χ3v) is 2.80. The normalized spacial score (nSPS) is 11.5. The number of carbonyl (C=O) groups is 2. The van der Waals surface area contributed by atoms with E-state index in [0.717, 1.165) is 0 Å². The van der Waals surface area contributed by atoms with Crippen LogP contribution in [0.5, 0.6) is 0 Å². The summed E-state index contributed by atoms with van der Waals surface area (Å²) in [6.07, 6.45) is -4.00. The number of hydrogen-bond acceptors (Lipinski definition) is 5. The van der Waals surface area contributed by atoms with Gasteiger partial charge in [0.15, 0.2) is 0 Å². The van der Waals surface area contributed by atoms with Gasteiger partial charge in [-0.15, -0.1) is 0 Å². The molecule has 0 N–H and O–H groups in total. The number of carbonyl (C=O) groups excluding carboxylic acids is 2. The smallest absolute Gasteiger partial charge is 0.329 e. The fourth-order valence-corrected chi connectivity index (χ4v) is 1.73. The molecule has 0 aliphatic heterocycles. The van der Waals surface area contributed by atoms with Crippen molar-refractivity contribution in [2.24, 2.45) is 0 Å². The number of Topliss-reactive ketones (excluding diaryl/α,β-unsaturated/α-hetero) is 2. The van der Waals surface area contributed by atoms with Crippen molar-refractivity contribution in [1.29, 1.82) is 0 Å². The van der Waals surface area contributed by atoms with Gasteiger partial charge in [-0.25, -0.2) is 0 Å². The van der Waals surface area contributed by atoms with Gasteiger partial charge < -0.3 is 4.52 Å². The van der Waals surface area contributed by atoms with Crippen molar-refractivity contribution in [2.75, 3.05) is 0 Å². The molecule has 0 aliphatic rings. The van der Waals surface area contributed by atoms with Crippen molar-refractivity contribution in [3.8, 4) is 11.4 Å². The molecule has 0 saturated carbocycles. The van der Waals surface area contributed by atoms with Gasteiger partial charge in [-0.1, -0.05) is 36.3 Å². The van der Waals surface area contributed by atoms with E-state index in [2.05, 4.69) is 14.7 Å². The summed E-state index contributed by atoms with van der Waals surface area (Å²) in [5.74, 6) is -2.82. The first-order valence-corrected chi connectivity index (χ1v) is 6.41. The van der Waals surface area contributed by atoms with E-state index in [1.807, 2.05) is 0 Å². The largest absolute Gasteiger partial charge is 0.471 e.